The predicted molar refractivity (Wildman–Crippen MR) is 128 cm³/mol. The van der Waals surface area contributed by atoms with Crippen molar-refractivity contribution in [2.24, 2.45) is 0 Å². The Morgan fingerprint density at radius 3 is 2.56 bits per heavy atom. The number of rotatable bonds is 6. The van der Waals surface area contributed by atoms with Crippen LogP contribution in [0.3, 0.4) is 0 Å². The number of hydrogen-bond donors (Lipinski definition) is 0. The van der Waals surface area contributed by atoms with Gasteiger partial charge in [0.1, 0.15) is 11.5 Å². The second kappa shape index (κ2) is 9.02. The molecular weight excluding hydrogens is 457 g/mol. The quantitative estimate of drug-likeness (QED) is 0.272. The third-order valence-electron chi connectivity index (χ3n) is 5.79. The van der Waals surface area contributed by atoms with E-state index in [1.54, 1.807) is 17.4 Å². The molecule has 8 heteroatoms. The van der Waals surface area contributed by atoms with Crippen LogP contribution in [0.25, 0.3) is 22.4 Å². The molecule has 0 amide bonds. The molecule has 0 saturated carbocycles. The summed E-state index contributed by atoms with van der Waals surface area (Å²) < 4.78 is 42.0. The van der Waals surface area contributed by atoms with Gasteiger partial charge in [-0.3, -0.25) is 0 Å². The first kappa shape index (κ1) is 22.3. The van der Waals surface area contributed by atoms with Crippen molar-refractivity contribution in [3.05, 3.63) is 99.5 Å². The van der Waals surface area contributed by atoms with Gasteiger partial charge in [-0.05, 0) is 54.1 Å². The van der Waals surface area contributed by atoms with E-state index in [1.165, 1.54) is 19.1 Å². The molecule has 0 aliphatic rings. The molecule has 4 nitrogen and oxygen atoms in total. The molecule has 3 heterocycles. The van der Waals surface area contributed by atoms with Gasteiger partial charge < -0.3 is 4.57 Å². The lowest BCUT2D eigenvalue weighted by atomic mass is 10.0. The lowest BCUT2D eigenvalue weighted by Gasteiger charge is -2.13. The van der Waals surface area contributed by atoms with Gasteiger partial charge in [0.15, 0.2) is 5.82 Å². The van der Waals surface area contributed by atoms with E-state index in [1.807, 2.05) is 58.5 Å². The van der Waals surface area contributed by atoms with E-state index >= 15 is 0 Å². The van der Waals surface area contributed by atoms with Crippen LogP contribution in [0, 0.1) is 6.92 Å². The highest BCUT2D eigenvalue weighted by Crippen LogP contribution is 2.32. The summed E-state index contributed by atoms with van der Waals surface area (Å²) in [7, 11) is 0. The number of alkyl halides is 3. The summed E-state index contributed by atoms with van der Waals surface area (Å²) in [5.74, 6) is 1.36. The maximum Gasteiger partial charge on any atom is 0.416 e. The molecule has 5 aromatic rings. The molecule has 0 atom stereocenters. The van der Waals surface area contributed by atoms with E-state index < -0.39 is 11.7 Å². The molecule has 0 bridgehead atoms. The van der Waals surface area contributed by atoms with E-state index in [9.17, 15) is 13.2 Å². The van der Waals surface area contributed by atoms with Crippen molar-refractivity contribution in [1.29, 1.82) is 0 Å². The molecule has 0 radical (unpaired) electrons. The van der Waals surface area contributed by atoms with Crippen molar-refractivity contribution in [3.8, 4) is 11.5 Å². The zero-order chi connectivity index (χ0) is 23.7. The number of aryl methyl sites for hydroxylation is 3. The molecule has 172 valence electrons. The number of halogens is 3. The molecule has 2 aromatic carbocycles. The minimum absolute atomic E-state index is 0.224. The third kappa shape index (κ3) is 4.59. The topological polar surface area (TPSA) is 43.6 Å². The first-order valence-corrected chi connectivity index (χ1v) is 11.7. The van der Waals surface area contributed by atoms with Crippen molar-refractivity contribution in [1.82, 2.24) is 19.7 Å². The molecule has 5 rings (SSSR count). The van der Waals surface area contributed by atoms with Crippen LogP contribution in [0.5, 0.6) is 0 Å². The first-order chi connectivity index (χ1) is 16.4. The second-order valence-corrected chi connectivity index (χ2v) is 9.17. The van der Waals surface area contributed by atoms with Crippen LogP contribution in [0.4, 0.5) is 13.2 Å². The van der Waals surface area contributed by atoms with Crippen molar-refractivity contribution >= 4 is 22.2 Å². The zero-order valence-electron chi connectivity index (χ0n) is 18.4. The van der Waals surface area contributed by atoms with Gasteiger partial charge in [-0.15, -0.1) is 21.5 Å². The summed E-state index contributed by atoms with van der Waals surface area (Å²) in [6.07, 6.45) is -3.47. The number of nitrogens with zero attached hydrogens (tertiary/aromatic N) is 4. The molecule has 0 aliphatic carbocycles. The Morgan fingerprint density at radius 1 is 0.912 bits per heavy atom. The first-order valence-electron chi connectivity index (χ1n) is 10.9. The Hall–Kier alpha value is -3.52. The molecule has 0 N–H and O–H groups in total. The third-order valence-corrected chi connectivity index (χ3v) is 6.65. The predicted octanol–water partition coefficient (Wildman–Crippen LogP) is 6.72. The summed E-state index contributed by atoms with van der Waals surface area (Å²) in [6.45, 7) is 2.05. The summed E-state index contributed by atoms with van der Waals surface area (Å²) in [4.78, 5) is 5.91. The number of aromatic nitrogens is 4. The van der Waals surface area contributed by atoms with Crippen molar-refractivity contribution in [2.45, 2.75) is 32.5 Å². The normalized spacial score (nSPS) is 11.9. The van der Waals surface area contributed by atoms with Gasteiger partial charge >= 0.3 is 6.18 Å². The largest absolute Gasteiger partial charge is 0.416 e. The summed E-state index contributed by atoms with van der Waals surface area (Å²) in [5, 5.41) is 11.9. The lowest BCUT2D eigenvalue weighted by molar-refractivity contribution is -0.138. The average molecular weight is 479 g/mol. The van der Waals surface area contributed by atoms with Crippen LogP contribution >= 0.6 is 11.3 Å². The SMILES string of the molecule is Cc1ccc(CCc2nnc(-c3ccc4ccccc4n3)n2Cc2cccs2)cc1C(F)(F)F. The second-order valence-electron chi connectivity index (χ2n) is 8.14. The average Bonchev–Trinajstić information content (AvgIpc) is 3.48. The van der Waals surface area contributed by atoms with Gasteiger partial charge in [-0.1, -0.05) is 42.5 Å². The van der Waals surface area contributed by atoms with Crippen molar-refractivity contribution in [2.75, 3.05) is 0 Å². The molecule has 0 fully saturated rings. The highest BCUT2D eigenvalue weighted by molar-refractivity contribution is 7.09. The monoisotopic (exact) mass is 478 g/mol. The van der Waals surface area contributed by atoms with Crippen molar-refractivity contribution in [3.63, 3.8) is 0 Å². The van der Waals surface area contributed by atoms with Gasteiger partial charge in [0.25, 0.3) is 0 Å². The van der Waals surface area contributed by atoms with Crippen LogP contribution in [0.15, 0.2) is 72.1 Å². The van der Waals surface area contributed by atoms with Crippen LogP contribution in [-0.4, -0.2) is 19.7 Å². The fourth-order valence-electron chi connectivity index (χ4n) is 4.01. The van der Waals surface area contributed by atoms with E-state index in [-0.39, 0.29) is 5.56 Å². The number of benzene rings is 2. The fourth-order valence-corrected chi connectivity index (χ4v) is 4.70. The number of hydrogen-bond acceptors (Lipinski definition) is 4. The Balaban J connectivity index is 1.48. The van der Waals surface area contributed by atoms with E-state index in [0.29, 0.717) is 42.3 Å². The van der Waals surface area contributed by atoms with Gasteiger partial charge in [-0.2, -0.15) is 13.2 Å². The Kier molecular flexibility index (Phi) is 5.91. The zero-order valence-corrected chi connectivity index (χ0v) is 19.2. The van der Waals surface area contributed by atoms with Gasteiger partial charge in [0.2, 0.25) is 0 Å². The molecule has 34 heavy (non-hydrogen) atoms. The van der Waals surface area contributed by atoms with Gasteiger partial charge in [0.05, 0.1) is 17.6 Å². The lowest BCUT2D eigenvalue weighted by Crippen LogP contribution is -2.10. The summed E-state index contributed by atoms with van der Waals surface area (Å²) >= 11 is 1.64. The Bertz CT molecular complexity index is 1440. The van der Waals surface area contributed by atoms with Crippen LogP contribution in [-0.2, 0) is 25.6 Å². The smallest absolute Gasteiger partial charge is 0.304 e. The molecule has 0 unspecified atom stereocenters. The highest BCUT2D eigenvalue weighted by Gasteiger charge is 2.32. The Labute approximate surface area is 198 Å². The Morgan fingerprint density at radius 2 is 1.76 bits per heavy atom. The van der Waals surface area contributed by atoms with Crippen LogP contribution in [0.1, 0.15) is 27.4 Å². The van der Waals surface area contributed by atoms with Crippen LogP contribution in [0.2, 0.25) is 0 Å². The van der Waals surface area contributed by atoms with Crippen LogP contribution < -0.4 is 0 Å². The van der Waals surface area contributed by atoms with E-state index in [4.69, 9.17) is 4.98 Å². The molecular formula is C26H21F3N4S. The van der Waals surface area contributed by atoms with Gasteiger partial charge in [0, 0.05) is 16.7 Å². The van der Waals surface area contributed by atoms with E-state index in [2.05, 4.69) is 10.2 Å². The fraction of sp³-hybridized carbons (Fsp3) is 0.192. The standard InChI is InChI=1S/C26H21F3N4S/c1-17-8-9-18(15-21(17)26(27,28)29)10-13-24-31-32-25(33(24)16-20-6-4-14-34-20)23-12-11-19-5-2-3-7-22(19)30-23/h2-9,11-12,14-15H,10,13,16H2,1H3. The van der Waals surface area contributed by atoms with Crippen molar-refractivity contribution < 1.29 is 13.2 Å². The molecule has 0 aliphatic heterocycles. The summed E-state index contributed by atoms with van der Waals surface area (Å²) in [6, 6.07) is 20.3. The molecule has 3 aromatic heterocycles. The van der Waals surface area contributed by atoms with E-state index in [0.717, 1.165) is 15.8 Å². The number of pyridine rings is 1. The number of fused-ring (bicyclic) bond motifs is 1. The number of thiophene rings is 1. The summed E-state index contributed by atoms with van der Waals surface area (Å²) in [5.41, 5.74) is 1.83. The number of para-hydroxylation sites is 1. The molecule has 0 spiro atoms. The maximum atomic E-state index is 13.3. The van der Waals surface area contributed by atoms with Gasteiger partial charge in [-0.25, -0.2) is 4.98 Å². The minimum Gasteiger partial charge on any atom is -0.304 e. The maximum absolute atomic E-state index is 13.3. The highest BCUT2D eigenvalue weighted by atomic mass is 32.1. The minimum atomic E-state index is -4.37. The molecule has 0 saturated heterocycles.